The topological polar surface area (TPSA) is 59.1 Å². The predicted octanol–water partition coefficient (Wildman–Crippen LogP) is 1.45. The molecular weight excluding hydrogens is 214 g/mol. The molecule has 0 radical (unpaired) electrons. The van der Waals surface area contributed by atoms with Gasteiger partial charge in [-0.2, -0.15) is 5.10 Å². The monoisotopic (exact) mass is 239 g/mol. The fourth-order valence-electron chi connectivity index (χ4n) is 1.99. The Bertz CT molecular complexity index is 354. The van der Waals surface area contributed by atoms with Crippen LogP contribution in [-0.4, -0.2) is 40.4 Å². The highest BCUT2D eigenvalue weighted by Gasteiger charge is 2.13. The zero-order valence-electron chi connectivity index (χ0n) is 11.6. The van der Waals surface area contributed by atoms with E-state index < -0.39 is 0 Å². The molecule has 1 heterocycles. The second-order valence-electron chi connectivity index (χ2n) is 4.50. The number of anilines is 2. The lowest BCUT2D eigenvalue weighted by molar-refractivity contribution is 0.294. The van der Waals surface area contributed by atoms with Crippen LogP contribution >= 0.6 is 0 Å². The summed E-state index contributed by atoms with van der Waals surface area (Å²) in [6.45, 7) is 11.6. The molecule has 0 aliphatic heterocycles. The Balaban J connectivity index is 2.64. The summed E-state index contributed by atoms with van der Waals surface area (Å²) in [6, 6.07) is 0.354. The van der Waals surface area contributed by atoms with Crippen molar-refractivity contribution in [3.05, 3.63) is 5.69 Å². The third-order valence-electron chi connectivity index (χ3n) is 3.08. The van der Waals surface area contributed by atoms with Crippen LogP contribution in [0.1, 0.15) is 26.5 Å². The first-order valence-electron chi connectivity index (χ1n) is 6.27. The van der Waals surface area contributed by atoms with Crippen LogP contribution in [0.5, 0.6) is 0 Å². The lowest BCUT2D eigenvalue weighted by Gasteiger charge is -2.24. The van der Waals surface area contributed by atoms with Crippen molar-refractivity contribution in [2.24, 2.45) is 7.05 Å². The Morgan fingerprint density at radius 3 is 2.41 bits per heavy atom. The Morgan fingerprint density at radius 1 is 1.41 bits per heavy atom. The minimum absolute atomic E-state index is 0.354. The number of nitrogens with one attached hydrogen (secondary N) is 1. The van der Waals surface area contributed by atoms with Gasteiger partial charge in [0.05, 0.1) is 11.4 Å². The molecule has 5 heteroatoms. The van der Waals surface area contributed by atoms with Crippen molar-refractivity contribution in [1.82, 2.24) is 14.7 Å². The summed E-state index contributed by atoms with van der Waals surface area (Å²) in [7, 11) is 1.91. The van der Waals surface area contributed by atoms with Crippen LogP contribution in [0.25, 0.3) is 0 Å². The Labute approximate surface area is 104 Å². The van der Waals surface area contributed by atoms with Crippen molar-refractivity contribution in [3.8, 4) is 0 Å². The summed E-state index contributed by atoms with van der Waals surface area (Å²) in [5, 5.41) is 7.73. The van der Waals surface area contributed by atoms with Gasteiger partial charge in [-0.15, -0.1) is 0 Å². The van der Waals surface area contributed by atoms with Gasteiger partial charge in [0.2, 0.25) is 0 Å². The van der Waals surface area contributed by atoms with E-state index in [1.54, 1.807) is 0 Å². The van der Waals surface area contributed by atoms with Crippen molar-refractivity contribution in [2.75, 3.05) is 30.7 Å². The fraction of sp³-hybridized carbons (Fsp3) is 0.750. The minimum Gasteiger partial charge on any atom is -0.394 e. The molecule has 98 valence electrons. The molecule has 0 fully saturated rings. The fourth-order valence-corrected chi connectivity index (χ4v) is 1.99. The van der Waals surface area contributed by atoms with Crippen LogP contribution < -0.4 is 11.1 Å². The van der Waals surface area contributed by atoms with Crippen molar-refractivity contribution < 1.29 is 0 Å². The molecule has 1 rings (SSSR count). The molecule has 3 N–H and O–H groups in total. The summed E-state index contributed by atoms with van der Waals surface area (Å²) >= 11 is 0. The summed E-state index contributed by atoms with van der Waals surface area (Å²) in [6.07, 6.45) is 0. The lowest BCUT2D eigenvalue weighted by atomic mass is 10.3. The van der Waals surface area contributed by atoms with Crippen LogP contribution in [0.4, 0.5) is 11.5 Å². The maximum atomic E-state index is 5.99. The number of aryl methyl sites for hydroxylation is 2. The number of rotatable bonds is 6. The van der Waals surface area contributed by atoms with Crippen molar-refractivity contribution in [1.29, 1.82) is 0 Å². The number of nitrogens with two attached hydrogens (primary N) is 1. The van der Waals surface area contributed by atoms with Gasteiger partial charge in [-0.25, -0.2) is 0 Å². The van der Waals surface area contributed by atoms with Gasteiger partial charge in [0, 0.05) is 19.6 Å². The van der Waals surface area contributed by atoms with Crippen LogP contribution in [0, 0.1) is 6.92 Å². The first kappa shape index (κ1) is 13.8. The van der Waals surface area contributed by atoms with Crippen molar-refractivity contribution >= 4 is 11.5 Å². The zero-order valence-corrected chi connectivity index (χ0v) is 11.6. The smallest absolute Gasteiger partial charge is 0.148 e. The summed E-state index contributed by atoms with van der Waals surface area (Å²) in [5.41, 5.74) is 7.62. The second kappa shape index (κ2) is 5.91. The number of hydrogen-bond donors (Lipinski definition) is 2. The van der Waals surface area contributed by atoms with Gasteiger partial charge in [-0.1, -0.05) is 13.8 Å². The van der Waals surface area contributed by atoms with Crippen LogP contribution in [0.3, 0.4) is 0 Å². The van der Waals surface area contributed by atoms with Gasteiger partial charge >= 0.3 is 0 Å². The molecule has 5 nitrogen and oxygen atoms in total. The SMILES string of the molecule is CCN(CC)CC(C)Nc1c(N)c(C)nn1C. The first-order valence-corrected chi connectivity index (χ1v) is 6.27. The molecule has 0 spiro atoms. The third-order valence-corrected chi connectivity index (χ3v) is 3.08. The summed E-state index contributed by atoms with van der Waals surface area (Å²) in [4.78, 5) is 2.39. The van der Waals surface area contributed by atoms with E-state index >= 15 is 0 Å². The molecule has 0 bridgehead atoms. The summed E-state index contributed by atoms with van der Waals surface area (Å²) < 4.78 is 1.81. The molecule has 1 unspecified atom stereocenters. The van der Waals surface area contributed by atoms with Crippen molar-refractivity contribution in [3.63, 3.8) is 0 Å². The Morgan fingerprint density at radius 2 is 2.00 bits per heavy atom. The van der Waals surface area contributed by atoms with E-state index in [4.69, 9.17) is 5.73 Å². The molecule has 1 aromatic heterocycles. The number of hydrogen-bond acceptors (Lipinski definition) is 4. The largest absolute Gasteiger partial charge is 0.394 e. The minimum atomic E-state index is 0.354. The van der Waals surface area contributed by atoms with E-state index in [2.05, 4.69) is 36.1 Å². The predicted molar refractivity (Wildman–Crippen MR) is 73.2 cm³/mol. The number of aromatic nitrogens is 2. The summed E-state index contributed by atoms with van der Waals surface area (Å²) in [5.74, 6) is 0.919. The quantitative estimate of drug-likeness (QED) is 0.789. The Hall–Kier alpha value is -1.23. The molecule has 1 aromatic rings. The standard InChI is InChI=1S/C12H25N5/c1-6-17(7-2)8-9(3)14-12-11(13)10(4)15-16(12)5/h9,14H,6-8,13H2,1-5H3. The van der Waals surface area contributed by atoms with E-state index in [0.29, 0.717) is 6.04 Å². The maximum absolute atomic E-state index is 5.99. The molecule has 0 aliphatic rings. The van der Waals surface area contributed by atoms with Crippen LogP contribution in [0.15, 0.2) is 0 Å². The number of likely N-dealkylation sites (N-methyl/N-ethyl adjacent to an activating group) is 1. The lowest BCUT2D eigenvalue weighted by Crippen LogP contribution is -2.35. The van der Waals surface area contributed by atoms with Crippen LogP contribution in [-0.2, 0) is 7.05 Å². The first-order chi connectivity index (χ1) is 7.99. The van der Waals surface area contributed by atoms with Gasteiger partial charge in [0.1, 0.15) is 5.82 Å². The highest BCUT2D eigenvalue weighted by Crippen LogP contribution is 2.21. The molecule has 0 aliphatic carbocycles. The molecule has 0 saturated carbocycles. The molecular formula is C12H25N5. The molecule has 0 amide bonds. The van der Waals surface area contributed by atoms with E-state index in [1.807, 2.05) is 18.7 Å². The average Bonchev–Trinajstić information content (AvgIpc) is 2.53. The van der Waals surface area contributed by atoms with Gasteiger partial charge in [-0.3, -0.25) is 4.68 Å². The van der Waals surface area contributed by atoms with Gasteiger partial charge in [0.25, 0.3) is 0 Å². The highest BCUT2D eigenvalue weighted by molar-refractivity contribution is 5.64. The maximum Gasteiger partial charge on any atom is 0.148 e. The number of nitrogen functional groups attached to an aromatic ring is 1. The second-order valence-corrected chi connectivity index (χ2v) is 4.50. The molecule has 0 aromatic carbocycles. The molecule has 0 saturated heterocycles. The van der Waals surface area contributed by atoms with E-state index in [1.165, 1.54) is 0 Å². The molecule has 1 atom stereocenters. The number of nitrogens with zero attached hydrogens (tertiary/aromatic N) is 3. The average molecular weight is 239 g/mol. The van der Waals surface area contributed by atoms with E-state index in [0.717, 1.165) is 36.8 Å². The van der Waals surface area contributed by atoms with Crippen LogP contribution in [0.2, 0.25) is 0 Å². The van der Waals surface area contributed by atoms with Gasteiger partial charge in [0.15, 0.2) is 0 Å². The van der Waals surface area contributed by atoms with Gasteiger partial charge in [-0.05, 0) is 26.9 Å². The van der Waals surface area contributed by atoms with E-state index in [-0.39, 0.29) is 0 Å². The normalized spacial score (nSPS) is 13.1. The third kappa shape index (κ3) is 3.36. The van der Waals surface area contributed by atoms with E-state index in [9.17, 15) is 0 Å². The van der Waals surface area contributed by atoms with Crippen molar-refractivity contribution in [2.45, 2.75) is 33.7 Å². The molecule has 17 heavy (non-hydrogen) atoms. The Kier molecular flexibility index (Phi) is 4.81. The highest BCUT2D eigenvalue weighted by atomic mass is 15.3. The zero-order chi connectivity index (χ0) is 13.0. The van der Waals surface area contributed by atoms with Gasteiger partial charge < -0.3 is 16.0 Å².